The lowest BCUT2D eigenvalue weighted by atomic mass is 10.2. The van der Waals surface area contributed by atoms with E-state index in [0.29, 0.717) is 18.7 Å². The zero-order chi connectivity index (χ0) is 21.6. The summed E-state index contributed by atoms with van der Waals surface area (Å²) in [6.45, 7) is 4.40. The van der Waals surface area contributed by atoms with Gasteiger partial charge in [0, 0.05) is 18.8 Å². The number of halogens is 1. The third-order valence-electron chi connectivity index (χ3n) is 4.76. The molecule has 2 rings (SSSR count). The Morgan fingerprint density at radius 3 is 2.41 bits per heavy atom. The van der Waals surface area contributed by atoms with Crippen molar-refractivity contribution < 1.29 is 17.6 Å². The fraction of sp³-hybridized carbons (Fsp3) is 0.381. The number of rotatable bonds is 9. The van der Waals surface area contributed by atoms with Gasteiger partial charge in [0.15, 0.2) is 0 Å². The van der Waals surface area contributed by atoms with E-state index >= 15 is 0 Å². The molecule has 1 unspecified atom stereocenters. The molecule has 0 fully saturated rings. The van der Waals surface area contributed by atoms with Crippen LogP contribution in [0.15, 0.2) is 53.4 Å². The van der Waals surface area contributed by atoms with Crippen LogP contribution < -0.4 is 5.32 Å². The van der Waals surface area contributed by atoms with Gasteiger partial charge in [-0.1, -0.05) is 12.1 Å². The Labute approximate surface area is 172 Å². The number of nitrogens with zero attached hydrogens (tertiary/aromatic N) is 2. The SMILES string of the molecule is Cc1cccc(S(=O)(=O)N(C)C(C)CCN(C)CC(=O)Nc2ccc(F)cc2)c1. The molecule has 0 spiro atoms. The molecule has 29 heavy (non-hydrogen) atoms. The maximum absolute atomic E-state index is 12.9. The Hall–Kier alpha value is -2.29. The van der Waals surface area contributed by atoms with Crippen LogP contribution in [-0.4, -0.2) is 56.8 Å². The molecule has 0 heterocycles. The third-order valence-corrected chi connectivity index (χ3v) is 6.73. The van der Waals surface area contributed by atoms with Gasteiger partial charge >= 0.3 is 0 Å². The molecule has 0 saturated carbocycles. The van der Waals surface area contributed by atoms with Crippen LogP contribution in [0.25, 0.3) is 0 Å². The van der Waals surface area contributed by atoms with E-state index in [2.05, 4.69) is 5.32 Å². The monoisotopic (exact) mass is 421 g/mol. The number of nitrogens with one attached hydrogen (secondary N) is 1. The molecule has 158 valence electrons. The van der Waals surface area contributed by atoms with Gasteiger partial charge in [0.2, 0.25) is 15.9 Å². The van der Waals surface area contributed by atoms with Crippen LogP contribution in [0.3, 0.4) is 0 Å². The molecule has 2 aromatic carbocycles. The predicted molar refractivity (Wildman–Crippen MR) is 113 cm³/mol. The van der Waals surface area contributed by atoms with Crippen molar-refractivity contribution in [2.45, 2.75) is 31.2 Å². The zero-order valence-corrected chi connectivity index (χ0v) is 18.0. The van der Waals surface area contributed by atoms with Crippen LogP contribution in [0.1, 0.15) is 18.9 Å². The van der Waals surface area contributed by atoms with Gasteiger partial charge in [-0.25, -0.2) is 12.8 Å². The van der Waals surface area contributed by atoms with Crippen molar-refractivity contribution in [3.8, 4) is 0 Å². The molecule has 0 saturated heterocycles. The smallest absolute Gasteiger partial charge is 0.243 e. The summed E-state index contributed by atoms with van der Waals surface area (Å²) in [6.07, 6.45) is 0.571. The largest absolute Gasteiger partial charge is 0.325 e. The Balaban J connectivity index is 1.86. The molecule has 0 aliphatic rings. The molecule has 8 heteroatoms. The molecule has 1 atom stereocenters. The number of hydrogen-bond acceptors (Lipinski definition) is 4. The highest BCUT2D eigenvalue weighted by molar-refractivity contribution is 7.89. The third kappa shape index (κ3) is 6.62. The number of benzene rings is 2. The molecule has 2 aromatic rings. The van der Waals surface area contributed by atoms with E-state index < -0.39 is 10.0 Å². The summed E-state index contributed by atoms with van der Waals surface area (Å²) in [5, 5.41) is 2.71. The number of anilines is 1. The van der Waals surface area contributed by atoms with Crippen molar-refractivity contribution in [3.63, 3.8) is 0 Å². The predicted octanol–water partition coefficient (Wildman–Crippen LogP) is 3.10. The Kier molecular flexibility index (Phi) is 7.89. The van der Waals surface area contributed by atoms with E-state index in [4.69, 9.17) is 0 Å². The van der Waals surface area contributed by atoms with E-state index in [9.17, 15) is 17.6 Å². The van der Waals surface area contributed by atoms with Gasteiger partial charge < -0.3 is 5.32 Å². The maximum Gasteiger partial charge on any atom is 0.243 e. The Morgan fingerprint density at radius 2 is 1.79 bits per heavy atom. The molecule has 0 aromatic heterocycles. The number of carbonyl (C=O) groups is 1. The van der Waals surface area contributed by atoms with Gasteiger partial charge in [0.25, 0.3) is 0 Å². The van der Waals surface area contributed by atoms with E-state index in [-0.39, 0.29) is 29.2 Å². The second-order valence-corrected chi connectivity index (χ2v) is 9.27. The fourth-order valence-electron chi connectivity index (χ4n) is 2.83. The normalized spacial score (nSPS) is 12.9. The Bertz CT molecular complexity index is 932. The summed E-state index contributed by atoms with van der Waals surface area (Å²) in [4.78, 5) is 14.2. The second-order valence-electron chi connectivity index (χ2n) is 7.27. The van der Waals surface area contributed by atoms with Crippen molar-refractivity contribution in [1.82, 2.24) is 9.21 Å². The summed E-state index contributed by atoms with van der Waals surface area (Å²) in [7, 11) is -0.200. The van der Waals surface area contributed by atoms with Crippen molar-refractivity contribution in [2.24, 2.45) is 0 Å². The lowest BCUT2D eigenvalue weighted by molar-refractivity contribution is -0.117. The lowest BCUT2D eigenvalue weighted by Gasteiger charge is -2.26. The Morgan fingerprint density at radius 1 is 1.14 bits per heavy atom. The van der Waals surface area contributed by atoms with Crippen LogP contribution in [0.5, 0.6) is 0 Å². The summed E-state index contributed by atoms with van der Waals surface area (Å²) in [5.74, 6) is -0.577. The van der Waals surface area contributed by atoms with Crippen LogP contribution in [0, 0.1) is 12.7 Å². The van der Waals surface area contributed by atoms with E-state index in [1.807, 2.05) is 24.8 Å². The molecule has 6 nitrogen and oxygen atoms in total. The number of likely N-dealkylation sites (N-methyl/N-ethyl adjacent to an activating group) is 1. The van der Waals surface area contributed by atoms with Gasteiger partial charge in [-0.05, 0) is 75.8 Å². The van der Waals surface area contributed by atoms with Gasteiger partial charge in [-0.15, -0.1) is 0 Å². The van der Waals surface area contributed by atoms with Crippen molar-refractivity contribution >= 4 is 21.6 Å². The highest BCUT2D eigenvalue weighted by Gasteiger charge is 2.25. The van der Waals surface area contributed by atoms with Gasteiger partial charge in [0.1, 0.15) is 5.82 Å². The first-order valence-electron chi connectivity index (χ1n) is 9.38. The molecular formula is C21H28FN3O3S. The van der Waals surface area contributed by atoms with Crippen LogP contribution in [0.2, 0.25) is 0 Å². The molecule has 0 aliphatic heterocycles. The number of sulfonamides is 1. The highest BCUT2D eigenvalue weighted by atomic mass is 32.2. The minimum absolute atomic E-state index is 0.151. The van der Waals surface area contributed by atoms with Gasteiger partial charge in [0.05, 0.1) is 11.4 Å². The van der Waals surface area contributed by atoms with E-state index in [1.165, 1.54) is 28.6 Å². The maximum atomic E-state index is 12.9. The van der Waals surface area contributed by atoms with E-state index in [1.54, 1.807) is 32.3 Å². The number of aryl methyl sites for hydroxylation is 1. The van der Waals surface area contributed by atoms with Crippen LogP contribution in [0.4, 0.5) is 10.1 Å². The topological polar surface area (TPSA) is 69.7 Å². The zero-order valence-electron chi connectivity index (χ0n) is 17.2. The molecule has 0 radical (unpaired) electrons. The number of carbonyl (C=O) groups excluding carboxylic acids is 1. The molecular weight excluding hydrogens is 393 g/mol. The van der Waals surface area contributed by atoms with Crippen molar-refractivity contribution in [3.05, 3.63) is 59.9 Å². The first-order valence-corrected chi connectivity index (χ1v) is 10.8. The fourth-order valence-corrected chi connectivity index (χ4v) is 4.32. The van der Waals surface area contributed by atoms with E-state index in [0.717, 1.165) is 5.56 Å². The summed E-state index contributed by atoms with van der Waals surface area (Å²) < 4.78 is 39.9. The standard InChI is InChI=1S/C21H28FN3O3S/c1-16-6-5-7-20(14-16)29(27,28)25(4)17(2)12-13-24(3)15-21(26)23-19-10-8-18(22)9-11-19/h5-11,14,17H,12-13,15H2,1-4H3,(H,23,26). The summed E-state index contributed by atoms with van der Waals surface area (Å²) in [6, 6.07) is 12.2. The van der Waals surface area contributed by atoms with Crippen molar-refractivity contribution in [1.29, 1.82) is 0 Å². The van der Waals surface area contributed by atoms with Gasteiger partial charge in [-0.3, -0.25) is 9.69 Å². The number of amides is 1. The van der Waals surface area contributed by atoms with Crippen molar-refractivity contribution in [2.75, 3.05) is 32.5 Å². The number of hydrogen-bond donors (Lipinski definition) is 1. The molecule has 0 aliphatic carbocycles. The first-order chi connectivity index (χ1) is 13.6. The molecule has 0 bridgehead atoms. The highest BCUT2D eigenvalue weighted by Crippen LogP contribution is 2.19. The average molecular weight is 422 g/mol. The lowest BCUT2D eigenvalue weighted by Crippen LogP contribution is -2.38. The minimum atomic E-state index is -3.57. The van der Waals surface area contributed by atoms with Gasteiger partial charge in [-0.2, -0.15) is 4.31 Å². The van der Waals surface area contributed by atoms with Crippen LogP contribution >= 0.6 is 0 Å². The minimum Gasteiger partial charge on any atom is -0.325 e. The first kappa shape index (κ1) is 23.0. The molecule has 1 amide bonds. The summed E-state index contributed by atoms with van der Waals surface area (Å²) in [5.41, 5.74) is 1.42. The average Bonchev–Trinajstić information content (AvgIpc) is 2.67. The quantitative estimate of drug-likeness (QED) is 0.676. The molecule has 1 N–H and O–H groups in total. The second kappa shape index (κ2) is 9.96. The van der Waals surface area contributed by atoms with Crippen LogP contribution in [-0.2, 0) is 14.8 Å². The summed E-state index contributed by atoms with van der Waals surface area (Å²) >= 11 is 0.